The maximum Gasteiger partial charge on any atom is 0.373 e. The van der Waals surface area contributed by atoms with E-state index in [2.05, 4.69) is 4.74 Å². The van der Waals surface area contributed by atoms with Gasteiger partial charge < -0.3 is 9.84 Å². The van der Waals surface area contributed by atoms with Gasteiger partial charge in [-0.15, -0.1) is 11.8 Å². The average molecular weight is 290 g/mol. The van der Waals surface area contributed by atoms with Crippen molar-refractivity contribution in [3.8, 4) is 0 Å². The molecule has 0 bridgehead atoms. The topological polar surface area (TPSA) is 63.6 Å². The van der Waals surface area contributed by atoms with Crippen molar-refractivity contribution in [2.45, 2.75) is 12.7 Å². The molecule has 1 heterocycles. The van der Waals surface area contributed by atoms with Gasteiger partial charge in [-0.25, -0.2) is 4.79 Å². The molecule has 0 saturated carbocycles. The molecular weight excluding hydrogens is 276 g/mol. The van der Waals surface area contributed by atoms with Crippen LogP contribution in [0.5, 0.6) is 0 Å². The van der Waals surface area contributed by atoms with E-state index < -0.39 is 11.7 Å². The molecule has 5 heteroatoms. The molecule has 1 aromatic carbocycles. The third-order valence-electron chi connectivity index (χ3n) is 2.75. The van der Waals surface area contributed by atoms with Gasteiger partial charge in [-0.1, -0.05) is 24.3 Å². The maximum atomic E-state index is 12.2. The zero-order valence-electron chi connectivity index (χ0n) is 11.0. The Kier molecular flexibility index (Phi) is 4.63. The Morgan fingerprint density at radius 1 is 1.45 bits per heavy atom. The summed E-state index contributed by atoms with van der Waals surface area (Å²) in [5.74, 6) is -0.698. The van der Waals surface area contributed by atoms with E-state index in [0.717, 1.165) is 5.56 Å². The summed E-state index contributed by atoms with van der Waals surface area (Å²) in [5, 5.41) is 9.48. The smallest absolute Gasteiger partial charge is 0.373 e. The summed E-state index contributed by atoms with van der Waals surface area (Å²) in [6.45, 7) is 1.84. The number of fused-ring (bicyclic) bond motifs is 1. The van der Waals surface area contributed by atoms with Crippen LogP contribution in [0.25, 0.3) is 0 Å². The van der Waals surface area contributed by atoms with Gasteiger partial charge in [0, 0.05) is 11.3 Å². The van der Waals surface area contributed by atoms with Crippen molar-refractivity contribution in [2.24, 2.45) is 0 Å². The molecule has 4 nitrogen and oxygen atoms in total. The van der Waals surface area contributed by atoms with Crippen molar-refractivity contribution in [3.63, 3.8) is 0 Å². The number of rotatable bonds is 3. The predicted molar refractivity (Wildman–Crippen MR) is 77.5 cm³/mol. The van der Waals surface area contributed by atoms with Gasteiger partial charge in [0.2, 0.25) is 5.76 Å². The molecule has 20 heavy (non-hydrogen) atoms. The summed E-state index contributed by atoms with van der Waals surface area (Å²) in [7, 11) is 0. The van der Waals surface area contributed by atoms with Crippen LogP contribution in [0.3, 0.4) is 0 Å². The van der Waals surface area contributed by atoms with Crippen LogP contribution < -0.4 is 0 Å². The van der Waals surface area contributed by atoms with E-state index in [0.29, 0.717) is 16.2 Å². The van der Waals surface area contributed by atoms with Crippen molar-refractivity contribution in [3.05, 3.63) is 58.2 Å². The number of esters is 1. The number of allylic oxidation sites excluding steroid dienone is 3. The van der Waals surface area contributed by atoms with Gasteiger partial charge in [-0.3, -0.25) is 4.79 Å². The first-order valence-corrected chi connectivity index (χ1v) is 7.15. The van der Waals surface area contributed by atoms with E-state index >= 15 is 0 Å². The fourth-order valence-electron chi connectivity index (χ4n) is 1.77. The molecule has 1 aromatic rings. The van der Waals surface area contributed by atoms with E-state index in [9.17, 15) is 14.7 Å². The Bertz CT molecular complexity index is 602. The average Bonchev–Trinajstić information content (AvgIpc) is 2.47. The van der Waals surface area contributed by atoms with Crippen LogP contribution in [0.4, 0.5) is 0 Å². The number of benzene rings is 1. The molecule has 1 aliphatic rings. The number of thioether (sulfide) groups is 1. The largest absolute Gasteiger partial charge is 0.502 e. The first-order valence-electron chi connectivity index (χ1n) is 6.17. The second kappa shape index (κ2) is 6.43. The Labute approximate surface area is 121 Å². The Morgan fingerprint density at radius 2 is 2.20 bits per heavy atom. The van der Waals surface area contributed by atoms with Crippen molar-refractivity contribution >= 4 is 23.5 Å². The van der Waals surface area contributed by atoms with Gasteiger partial charge in [-0.05, 0) is 24.6 Å². The quantitative estimate of drug-likeness (QED) is 0.526. The Hall–Kier alpha value is -2.01. The fourth-order valence-corrected chi connectivity index (χ4v) is 2.74. The van der Waals surface area contributed by atoms with Crippen LogP contribution in [0.1, 0.15) is 22.8 Å². The third kappa shape index (κ3) is 3.11. The van der Waals surface area contributed by atoms with Crippen molar-refractivity contribution in [2.75, 3.05) is 6.61 Å². The van der Waals surface area contributed by atoms with E-state index in [1.807, 2.05) is 18.2 Å². The monoisotopic (exact) mass is 290 g/mol. The number of Topliss-reactive ketones (excluding diaryl/α,β-unsaturated/α-hetero) is 1. The van der Waals surface area contributed by atoms with Gasteiger partial charge in [0.1, 0.15) is 0 Å². The normalized spacial score (nSPS) is 16.9. The van der Waals surface area contributed by atoms with Gasteiger partial charge in [0.15, 0.2) is 5.78 Å². The standard InChI is InChI=1S/C15H14O4S/c1-2-19-15(18)12(16)7-8-13-14(17)11-6-4-3-5-10(11)9-20-13/h3-8,16H,2,9H2,1H3. The summed E-state index contributed by atoms with van der Waals surface area (Å²) in [6, 6.07) is 7.41. The molecule has 0 unspecified atom stereocenters. The molecule has 0 amide bonds. The van der Waals surface area contributed by atoms with Crippen LogP contribution >= 0.6 is 11.8 Å². The number of carbonyl (C=O) groups is 2. The third-order valence-corrected chi connectivity index (χ3v) is 3.83. The summed E-state index contributed by atoms with van der Waals surface area (Å²) < 4.78 is 4.65. The van der Waals surface area contributed by atoms with Crippen LogP contribution in [0, 0.1) is 0 Å². The van der Waals surface area contributed by atoms with E-state index in [-0.39, 0.29) is 12.4 Å². The van der Waals surface area contributed by atoms with Crippen molar-refractivity contribution in [1.82, 2.24) is 0 Å². The lowest BCUT2D eigenvalue weighted by atomic mass is 10.0. The molecule has 1 aliphatic heterocycles. The fraction of sp³-hybridized carbons (Fsp3) is 0.200. The summed E-state index contributed by atoms with van der Waals surface area (Å²) in [4.78, 5) is 23.9. The number of ketones is 1. The van der Waals surface area contributed by atoms with Crippen LogP contribution in [-0.4, -0.2) is 23.5 Å². The highest BCUT2D eigenvalue weighted by Gasteiger charge is 2.21. The highest BCUT2D eigenvalue weighted by molar-refractivity contribution is 8.03. The molecule has 1 N–H and O–H groups in total. The SMILES string of the molecule is CCOC(=O)C(O)=CC=C1SCc2ccccc2C1=O. The van der Waals surface area contributed by atoms with Gasteiger partial charge >= 0.3 is 5.97 Å². The minimum atomic E-state index is -0.794. The molecule has 0 saturated heterocycles. The predicted octanol–water partition coefficient (Wildman–Crippen LogP) is 3.01. The lowest BCUT2D eigenvalue weighted by molar-refractivity contribution is -0.141. The highest BCUT2D eigenvalue weighted by Crippen LogP contribution is 2.32. The second-order valence-corrected chi connectivity index (χ2v) is 5.10. The number of carbonyl (C=O) groups excluding carboxylic acids is 2. The van der Waals surface area contributed by atoms with E-state index in [4.69, 9.17) is 0 Å². The zero-order valence-corrected chi connectivity index (χ0v) is 11.8. The molecule has 0 fully saturated rings. The first kappa shape index (κ1) is 14.4. The van der Waals surface area contributed by atoms with Gasteiger partial charge in [0.05, 0.1) is 11.5 Å². The number of ether oxygens (including phenoxy) is 1. The van der Waals surface area contributed by atoms with Gasteiger partial charge in [-0.2, -0.15) is 0 Å². The number of hydrogen-bond acceptors (Lipinski definition) is 5. The van der Waals surface area contributed by atoms with Crippen molar-refractivity contribution in [1.29, 1.82) is 0 Å². The zero-order chi connectivity index (χ0) is 14.5. The first-order chi connectivity index (χ1) is 9.63. The summed E-state index contributed by atoms with van der Waals surface area (Å²) >= 11 is 1.38. The summed E-state index contributed by atoms with van der Waals surface area (Å²) in [6.07, 6.45) is 2.65. The number of aliphatic hydroxyl groups excluding tert-OH is 1. The van der Waals surface area contributed by atoms with Crippen molar-refractivity contribution < 1.29 is 19.4 Å². The molecule has 104 valence electrons. The molecule has 0 aromatic heterocycles. The lowest BCUT2D eigenvalue weighted by Crippen LogP contribution is -2.10. The molecule has 0 aliphatic carbocycles. The van der Waals surface area contributed by atoms with Crippen LogP contribution in [0.15, 0.2) is 47.1 Å². The molecule has 0 radical (unpaired) electrons. The van der Waals surface area contributed by atoms with Gasteiger partial charge in [0.25, 0.3) is 0 Å². The molecule has 0 atom stereocenters. The van der Waals surface area contributed by atoms with Crippen LogP contribution in [-0.2, 0) is 15.3 Å². The van der Waals surface area contributed by atoms with E-state index in [1.54, 1.807) is 13.0 Å². The Balaban J connectivity index is 2.19. The minimum absolute atomic E-state index is 0.0928. The minimum Gasteiger partial charge on any atom is -0.502 e. The molecule has 2 rings (SSSR count). The second-order valence-electron chi connectivity index (χ2n) is 4.08. The van der Waals surface area contributed by atoms with E-state index in [1.165, 1.54) is 23.9 Å². The number of hydrogen-bond donors (Lipinski definition) is 1. The Morgan fingerprint density at radius 3 is 2.95 bits per heavy atom. The lowest BCUT2D eigenvalue weighted by Gasteiger charge is -2.16. The molecular formula is C15H14O4S. The summed E-state index contributed by atoms with van der Waals surface area (Å²) in [5.41, 5.74) is 1.67. The highest BCUT2D eigenvalue weighted by atomic mass is 32.2. The maximum absolute atomic E-state index is 12.2. The molecule has 0 spiro atoms. The van der Waals surface area contributed by atoms with Crippen LogP contribution in [0.2, 0.25) is 0 Å². The number of aliphatic hydroxyl groups is 1.